The van der Waals surface area contributed by atoms with Crippen molar-refractivity contribution >= 4 is 32.0 Å². The molecule has 0 unspecified atom stereocenters. The largest absolute Gasteiger partial charge is 0.335 e. The van der Waals surface area contributed by atoms with E-state index in [0.29, 0.717) is 24.5 Å². The summed E-state index contributed by atoms with van der Waals surface area (Å²) in [6.45, 7) is 0.973. The Bertz CT molecular complexity index is 842. The van der Waals surface area contributed by atoms with Crippen molar-refractivity contribution in [3.63, 3.8) is 0 Å². The number of halogens is 1. The molecule has 0 spiro atoms. The third-order valence-corrected chi connectivity index (χ3v) is 5.45. The fourth-order valence-corrected chi connectivity index (χ4v) is 3.45. The molecule has 128 valence electrons. The molecule has 0 radical (unpaired) electrons. The topological polar surface area (TPSA) is 112 Å². The van der Waals surface area contributed by atoms with Crippen LogP contribution in [0.5, 0.6) is 0 Å². The van der Waals surface area contributed by atoms with Crippen LogP contribution in [0.3, 0.4) is 0 Å². The quantitative estimate of drug-likeness (QED) is 0.774. The van der Waals surface area contributed by atoms with Gasteiger partial charge in [0, 0.05) is 36.2 Å². The lowest BCUT2D eigenvalue weighted by molar-refractivity contribution is 0.0692. The monoisotopic (exact) mass is 413 g/mol. The summed E-state index contributed by atoms with van der Waals surface area (Å²) in [6.07, 6.45) is 0. The molecule has 2 heterocycles. The predicted octanol–water partition coefficient (Wildman–Crippen LogP) is 0.801. The average molecular weight is 414 g/mol. The van der Waals surface area contributed by atoms with Crippen LogP contribution in [0.4, 0.5) is 0 Å². The van der Waals surface area contributed by atoms with E-state index in [-0.39, 0.29) is 19.0 Å². The zero-order chi connectivity index (χ0) is 17.3. The minimum atomic E-state index is -3.70. The first-order valence-electron chi connectivity index (χ1n) is 7.23. The van der Waals surface area contributed by atoms with Gasteiger partial charge in [0.1, 0.15) is 5.69 Å². The molecule has 3 N–H and O–H groups in total. The Labute approximate surface area is 147 Å². The van der Waals surface area contributed by atoms with Gasteiger partial charge in [-0.05, 0) is 18.2 Å². The zero-order valence-electron chi connectivity index (χ0n) is 12.6. The number of carbonyl (C=O) groups excluding carboxylic acids is 1. The molecular formula is C14H16BrN5O3S. The van der Waals surface area contributed by atoms with Crippen molar-refractivity contribution in [2.24, 2.45) is 5.14 Å². The lowest BCUT2D eigenvalue weighted by Crippen LogP contribution is -2.52. The smallest absolute Gasteiger partial charge is 0.277 e. The van der Waals surface area contributed by atoms with Gasteiger partial charge in [-0.1, -0.05) is 28.1 Å². The highest BCUT2D eigenvalue weighted by Gasteiger charge is 2.27. The highest BCUT2D eigenvalue weighted by atomic mass is 79.9. The molecule has 1 aliphatic heterocycles. The highest BCUT2D eigenvalue weighted by molar-refractivity contribution is 9.10. The van der Waals surface area contributed by atoms with Gasteiger partial charge in [0.2, 0.25) is 0 Å². The van der Waals surface area contributed by atoms with Crippen LogP contribution in [0.15, 0.2) is 34.8 Å². The van der Waals surface area contributed by atoms with Gasteiger partial charge in [-0.25, -0.2) is 5.14 Å². The number of benzene rings is 1. The number of nitrogens with one attached hydrogen (secondary N) is 1. The van der Waals surface area contributed by atoms with Gasteiger partial charge in [-0.15, -0.1) is 0 Å². The number of carbonyl (C=O) groups is 1. The molecule has 3 rings (SSSR count). The maximum absolute atomic E-state index is 12.5. The number of nitrogens with two attached hydrogens (primary N) is 1. The van der Waals surface area contributed by atoms with Gasteiger partial charge in [-0.3, -0.25) is 9.89 Å². The summed E-state index contributed by atoms with van der Waals surface area (Å²) in [4.78, 5) is 14.1. The van der Waals surface area contributed by atoms with Gasteiger partial charge in [0.05, 0.1) is 5.69 Å². The predicted molar refractivity (Wildman–Crippen MR) is 92.3 cm³/mol. The number of nitrogens with zero attached hydrogens (tertiary/aromatic N) is 3. The number of amides is 1. The van der Waals surface area contributed by atoms with E-state index in [2.05, 4.69) is 26.1 Å². The fourth-order valence-electron chi connectivity index (χ4n) is 2.52. The van der Waals surface area contributed by atoms with E-state index >= 15 is 0 Å². The maximum Gasteiger partial charge on any atom is 0.277 e. The number of hydrogen-bond donors (Lipinski definition) is 2. The maximum atomic E-state index is 12.5. The van der Waals surface area contributed by atoms with Gasteiger partial charge in [0.25, 0.3) is 16.1 Å². The number of H-pyrrole nitrogens is 1. The van der Waals surface area contributed by atoms with Crippen LogP contribution in [0.25, 0.3) is 11.3 Å². The highest BCUT2D eigenvalue weighted by Crippen LogP contribution is 2.21. The van der Waals surface area contributed by atoms with Gasteiger partial charge in [-0.2, -0.15) is 17.8 Å². The van der Waals surface area contributed by atoms with Gasteiger partial charge in [0.15, 0.2) is 0 Å². The average Bonchev–Trinajstić information content (AvgIpc) is 3.04. The number of aromatic amines is 1. The van der Waals surface area contributed by atoms with Crippen molar-refractivity contribution in [3.8, 4) is 11.3 Å². The summed E-state index contributed by atoms with van der Waals surface area (Å²) < 4.78 is 24.7. The summed E-state index contributed by atoms with van der Waals surface area (Å²) >= 11 is 3.37. The molecule has 8 nitrogen and oxygen atoms in total. The molecule has 2 aromatic rings. The SMILES string of the molecule is NS(=O)(=O)N1CCN(C(=O)c2cc(-c3ccc(Br)cc3)n[nH]2)CC1. The minimum absolute atomic E-state index is 0.193. The number of aromatic nitrogens is 2. The van der Waals surface area contributed by atoms with Crippen LogP contribution >= 0.6 is 15.9 Å². The first-order valence-corrected chi connectivity index (χ1v) is 9.53. The third-order valence-electron chi connectivity index (χ3n) is 3.83. The first kappa shape index (κ1) is 17.1. The Kier molecular flexibility index (Phi) is 4.72. The van der Waals surface area contributed by atoms with E-state index < -0.39 is 10.2 Å². The first-order chi connectivity index (χ1) is 11.3. The van der Waals surface area contributed by atoms with Crippen molar-refractivity contribution in [2.75, 3.05) is 26.2 Å². The van der Waals surface area contributed by atoms with Crippen LogP contribution in [0.2, 0.25) is 0 Å². The van der Waals surface area contributed by atoms with Crippen LogP contribution < -0.4 is 5.14 Å². The Hall–Kier alpha value is -1.75. The normalized spacial score (nSPS) is 16.3. The standard InChI is InChI=1S/C14H16BrN5O3S/c15-11-3-1-10(2-4-11)12-9-13(18-17-12)14(21)19-5-7-20(8-6-19)24(16,22)23/h1-4,9H,5-8H2,(H,17,18)(H2,16,22,23). The number of rotatable bonds is 3. The van der Waals surface area contributed by atoms with Crippen molar-refractivity contribution in [1.29, 1.82) is 0 Å². The molecule has 0 bridgehead atoms. The molecule has 1 saturated heterocycles. The molecule has 0 atom stereocenters. The minimum Gasteiger partial charge on any atom is -0.335 e. The van der Waals surface area contributed by atoms with Crippen LogP contribution in [0, 0.1) is 0 Å². The molecule has 10 heteroatoms. The second kappa shape index (κ2) is 6.63. The summed E-state index contributed by atoms with van der Waals surface area (Å²) in [5, 5.41) is 12.0. The van der Waals surface area contributed by atoms with Crippen molar-refractivity contribution in [2.45, 2.75) is 0 Å². The third kappa shape index (κ3) is 3.66. The summed E-state index contributed by atoms with van der Waals surface area (Å²) in [6, 6.07) is 9.30. The van der Waals surface area contributed by atoms with Crippen LogP contribution in [-0.2, 0) is 10.2 Å². The fraction of sp³-hybridized carbons (Fsp3) is 0.286. The van der Waals surface area contributed by atoms with E-state index in [1.807, 2.05) is 24.3 Å². The van der Waals surface area contributed by atoms with Crippen molar-refractivity contribution in [1.82, 2.24) is 19.4 Å². The lowest BCUT2D eigenvalue weighted by Gasteiger charge is -2.32. The lowest BCUT2D eigenvalue weighted by atomic mass is 10.1. The Morgan fingerprint density at radius 3 is 2.38 bits per heavy atom. The summed E-state index contributed by atoms with van der Waals surface area (Å²) in [7, 11) is -3.70. The number of piperazine rings is 1. The van der Waals surface area contributed by atoms with E-state index in [1.165, 1.54) is 0 Å². The van der Waals surface area contributed by atoms with Crippen LogP contribution in [0.1, 0.15) is 10.5 Å². The Morgan fingerprint density at radius 1 is 1.17 bits per heavy atom. The van der Waals surface area contributed by atoms with E-state index in [1.54, 1.807) is 11.0 Å². The summed E-state index contributed by atoms with van der Waals surface area (Å²) in [5.74, 6) is -0.208. The van der Waals surface area contributed by atoms with Gasteiger partial charge >= 0.3 is 0 Å². The Morgan fingerprint density at radius 2 is 1.79 bits per heavy atom. The van der Waals surface area contributed by atoms with Crippen molar-refractivity contribution < 1.29 is 13.2 Å². The molecule has 1 aliphatic rings. The zero-order valence-corrected chi connectivity index (χ0v) is 15.0. The molecule has 0 aliphatic carbocycles. The van der Waals surface area contributed by atoms with E-state index in [0.717, 1.165) is 14.3 Å². The Balaban J connectivity index is 1.70. The molecule has 1 aromatic carbocycles. The van der Waals surface area contributed by atoms with Crippen LogP contribution in [-0.4, -0.2) is 59.9 Å². The second-order valence-electron chi connectivity index (χ2n) is 5.41. The summed E-state index contributed by atoms with van der Waals surface area (Å²) in [5.41, 5.74) is 1.94. The molecular weight excluding hydrogens is 398 g/mol. The molecule has 1 fully saturated rings. The second-order valence-corrected chi connectivity index (χ2v) is 7.87. The molecule has 1 amide bonds. The number of hydrogen-bond acceptors (Lipinski definition) is 4. The molecule has 0 saturated carbocycles. The van der Waals surface area contributed by atoms with E-state index in [9.17, 15) is 13.2 Å². The van der Waals surface area contributed by atoms with Gasteiger partial charge < -0.3 is 4.90 Å². The molecule has 24 heavy (non-hydrogen) atoms. The molecule has 1 aromatic heterocycles. The van der Waals surface area contributed by atoms with E-state index in [4.69, 9.17) is 5.14 Å². The van der Waals surface area contributed by atoms with Crippen molar-refractivity contribution in [3.05, 3.63) is 40.5 Å².